The van der Waals surface area contributed by atoms with Gasteiger partial charge in [0.1, 0.15) is 0 Å². The molecule has 0 N–H and O–H groups in total. The van der Waals surface area contributed by atoms with E-state index >= 15 is 0 Å². The molecular weight excluding hydrogens is 1590 g/mol. The van der Waals surface area contributed by atoms with E-state index in [4.69, 9.17) is 0 Å². The first-order chi connectivity index (χ1) is 65.5. The number of hydrogen-bond acceptors (Lipinski definition) is 0. The Kier molecular flexibility index (Phi) is 19.1. The van der Waals surface area contributed by atoms with Crippen LogP contribution in [0.2, 0.25) is 0 Å². The Bertz CT molecular complexity index is 9190. The highest BCUT2D eigenvalue weighted by Gasteiger charge is 2.26. The topological polar surface area (TPSA) is 0 Å². The molecule has 0 bridgehead atoms. The maximum Gasteiger partial charge on any atom is -0.00139 e. The molecule has 0 amide bonds. The van der Waals surface area contributed by atoms with Gasteiger partial charge in [0.05, 0.1) is 0 Å². The SMILES string of the molecule is c1ccc2cc(-c3c4ccccc4c(-c4cc(-c5cccc6ccccc56)cc5ccccc45)c4ccccc34)ccc2c1.c1ccc2cc(-c3c4ccccc4c(-c4ccc(-c5cccc6ccccc56)c5ccccc45)c4ccccc34)ccc2c1.c1ccc2cc(-c3ccc4ccccc4c3-c3c4ccccc4c(-c4ccc5ccccc5c4)c4ccccc34)ccc2c1. The molecule has 0 atom stereocenters. The maximum atomic E-state index is 2.42. The predicted octanol–water partition coefficient (Wildman–Crippen LogP) is 37.4. The molecule has 0 fully saturated rings. The lowest BCUT2D eigenvalue weighted by atomic mass is 9.81. The molecule has 0 aromatic heterocycles. The zero-order valence-corrected chi connectivity index (χ0v) is 72.5. The molecule has 0 heteroatoms. The summed E-state index contributed by atoms with van der Waals surface area (Å²) in [6.07, 6.45) is 0. The van der Waals surface area contributed by atoms with Crippen LogP contribution >= 0.6 is 0 Å². The Balaban J connectivity index is 0.000000106. The molecule has 0 aliphatic carbocycles. The zero-order chi connectivity index (χ0) is 87.1. The molecule has 132 heavy (non-hydrogen) atoms. The van der Waals surface area contributed by atoms with Crippen LogP contribution in [0.5, 0.6) is 0 Å². The average molecular weight is 1670 g/mol. The fourth-order valence-corrected chi connectivity index (χ4v) is 21.7. The summed E-state index contributed by atoms with van der Waals surface area (Å²) in [7, 11) is 0. The fraction of sp³-hybridized carbons (Fsp3) is 0. The van der Waals surface area contributed by atoms with Gasteiger partial charge in [-0.3, -0.25) is 0 Å². The first-order valence-corrected chi connectivity index (χ1v) is 45.8. The van der Waals surface area contributed by atoms with Gasteiger partial charge >= 0.3 is 0 Å². The minimum Gasteiger partial charge on any atom is -0.0616 e. The zero-order valence-electron chi connectivity index (χ0n) is 72.5. The molecule has 0 aliphatic rings. The van der Waals surface area contributed by atoms with Crippen molar-refractivity contribution < 1.29 is 0 Å². The molecular formula is C132H84. The second-order valence-corrected chi connectivity index (χ2v) is 35.0. The van der Waals surface area contributed by atoms with Gasteiger partial charge in [-0.2, -0.15) is 0 Å². The van der Waals surface area contributed by atoms with Crippen LogP contribution in [0.3, 0.4) is 0 Å². The summed E-state index contributed by atoms with van der Waals surface area (Å²) < 4.78 is 0. The summed E-state index contributed by atoms with van der Waals surface area (Å²) in [5.74, 6) is 0. The molecule has 612 valence electrons. The highest BCUT2D eigenvalue weighted by Crippen LogP contribution is 2.53. The number of fused-ring (bicyclic) bond motifs is 15. The van der Waals surface area contributed by atoms with Gasteiger partial charge in [-0.1, -0.05) is 473 Å². The second kappa shape index (κ2) is 32.6. The lowest BCUT2D eigenvalue weighted by Gasteiger charge is -2.21. The maximum absolute atomic E-state index is 2.42. The summed E-state index contributed by atoms with van der Waals surface area (Å²) in [6, 6.07) is 187. The quantitative estimate of drug-likeness (QED) is 0.126. The molecule has 0 radical (unpaired) electrons. The normalized spacial score (nSPS) is 11.6. The van der Waals surface area contributed by atoms with E-state index in [1.54, 1.807) is 0 Å². The van der Waals surface area contributed by atoms with Gasteiger partial charge in [0, 0.05) is 0 Å². The molecule has 0 unspecified atom stereocenters. The number of benzene rings is 27. The van der Waals surface area contributed by atoms with Crippen molar-refractivity contribution in [3.8, 4) is 100 Å². The summed E-state index contributed by atoms with van der Waals surface area (Å²) in [5, 5.41) is 38.0. The first-order valence-electron chi connectivity index (χ1n) is 45.8. The summed E-state index contributed by atoms with van der Waals surface area (Å²) in [5.41, 5.74) is 22.8. The van der Waals surface area contributed by atoms with Crippen LogP contribution in [0.25, 0.3) is 262 Å². The molecule has 0 saturated heterocycles. The standard InChI is InChI=1S/3C44H28/c1-3-14-32-27-34(23-21-29(32)11-1)37-26-25-31-13-5-6-16-36(31)43(37)44-40-19-9-7-17-38(40)42(39-18-8-10-20-41(39)44)35-24-22-30-12-2-4-15-33(30)28-35;1-2-14-31-26-33(25-24-29(31)12-1)43-38-19-7-9-21-40(38)44(41-22-10-8-20-39(41)43)42-28-34(27-32-15-4-6-18-36(32)42)37-23-11-16-30-13-3-5-17-35(30)37;1-2-14-31-28-32(25-24-29(31)12-1)43-38-19-7-9-21-40(38)44(41-22-10-8-20-39(41)43)42-27-26-37(35-17-5-6-18-36(35)42)34-23-11-15-30-13-3-4-16-33(30)34/h3*1-28H. The Morgan fingerprint density at radius 3 is 0.705 bits per heavy atom. The van der Waals surface area contributed by atoms with Gasteiger partial charge in [0.15, 0.2) is 0 Å². The van der Waals surface area contributed by atoms with E-state index in [9.17, 15) is 0 Å². The van der Waals surface area contributed by atoms with Crippen molar-refractivity contribution >= 4 is 162 Å². The molecule has 0 aliphatic heterocycles. The van der Waals surface area contributed by atoms with E-state index in [1.165, 1.54) is 262 Å². The fourth-order valence-electron chi connectivity index (χ4n) is 21.7. The van der Waals surface area contributed by atoms with Gasteiger partial charge in [-0.25, -0.2) is 0 Å². The van der Waals surface area contributed by atoms with E-state index in [0.29, 0.717) is 0 Å². The van der Waals surface area contributed by atoms with Gasteiger partial charge in [0.2, 0.25) is 0 Å². The van der Waals surface area contributed by atoms with Crippen LogP contribution in [-0.4, -0.2) is 0 Å². The third-order valence-corrected chi connectivity index (χ3v) is 27.7. The van der Waals surface area contributed by atoms with Crippen molar-refractivity contribution in [1.29, 1.82) is 0 Å². The van der Waals surface area contributed by atoms with E-state index in [-0.39, 0.29) is 0 Å². The molecule has 0 heterocycles. The molecule has 0 spiro atoms. The Morgan fingerprint density at radius 1 is 0.0758 bits per heavy atom. The van der Waals surface area contributed by atoms with Crippen molar-refractivity contribution in [1.82, 2.24) is 0 Å². The molecule has 0 saturated carbocycles. The van der Waals surface area contributed by atoms with E-state index in [2.05, 4.69) is 510 Å². The third kappa shape index (κ3) is 13.3. The number of hydrogen-bond donors (Lipinski definition) is 0. The highest BCUT2D eigenvalue weighted by molar-refractivity contribution is 6.29. The minimum atomic E-state index is 1.23. The number of rotatable bonds is 9. The van der Waals surface area contributed by atoms with Gasteiger partial charge < -0.3 is 0 Å². The van der Waals surface area contributed by atoms with E-state index in [1.807, 2.05) is 0 Å². The van der Waals surface area contributed by atoms with Crippen molar-refractivity contribution in [2.24, 2.45) is 0 Å². The first kappa shape index (κ1) is 77.2. The Morgan fingerprint density at radius 2 is 0.303 bits per heavy atom. The monoisotopic (exact) mass is 1670 g/mol. The van der Waals surface area contributed by atoms with Gasteiger partial charge in [0.25, 0.3) is 0 Å². The molecule has 27 aromatic carbocycles. The van der Waals surface area contributed by atoms with Gasteiger partial charge in [-0.15, -0.1) is 0 Å². The smallest absolute Gasteiger partial charge is 0.00139 e. The predicted molar refractivity (Wildman–Crippen MR) is 571 cm³/mol. The van der Waals surface area contributed by atoms with E-state index < -0.39 is 0 Å². The van der Waals surface area contributed by atoms with Crippen molar-refractivity contribution in [3.05, 3.63) is 510 Å². The van der Waals surface area contributed by atoms with Crippen molar-refractivity contribution in [3.63, 3.8) is 0 Å². The van der Waals surface area contributed by atoms with Crippen LogP contribution in [-0.2, 0) is 0 Å². The van der Waals surface area contributed by atoms with Crippen LogP contribution in [0, 0.1) is 0 Å². The average Bonchev–Trinajstić information content (AvgIpc) is 0.721. The van der Waals surface area contributed by atoms with Crippen molar-refractivity contribution in [2.75, 3.05) is 0 Å². The van der Waals surface area contributed by atoms with Crippen LogP contribution in [0.4, 0.5) is 0 Å². The van der Waals surface area contributed by atoms with E-state index in [0.717, 1.165) is 0 Å². The van der Waals surface area contributed by atoms with Crippen LogP contribution in [0.15, 0.2) is 510 Å². The largest absolute Gasteiger partial charge is 0.0616 e. The van der Waals surface area contributed by atoms with Crippen LogP contribution < -0.4 is 0 Å². The lowest BCUT2D eigenvalue weighted by molar-refractivity contribution is 1.65. The summed E-state index contributed by atoms with van der Waals surface area (Å²) >= 11 is 0. The second-order valence-electron chi connectivity index (χ2n) is 35.0. The van der Waals surface area contributed by atoms with Gasteiger partial charge in [-0.05, 0) is 298 Å². The summed E-state index contributed by atoms with van der Waals surface area (Å²) in [4.78, 5) is 0. The lowest BCUT2D eigenvalue weighted by Crippen LogP contribution is -1.94. The van der Waals surface area contributed by atoms with Crippen molar-refractivity contribution in [2.45, 2.75) is 0 Å². The molecule has 27 aromatic rings. The third-order valence-electron chi connectivity index (χ3n) is 27.7. The van der Waals surface area contributed by atoms with Crippen LogP contribution in [0.1, 0.15) is 0 Å². The molecule has 27 rings (SSSR count). The highest BCUT2D eigenvalue weighted by atomic mass is 14.3. The minimum absolute atomic E-state index is 1.23. The Hall–Kier alpha value is -17.2. The summed E-state index contributed by atoms with van der Waals surface area (Å²) in [6.45, 7) is 0. The Labute approximate surface area is 765 Å². The molecule has 0 nitrogen and oxygen atoms in total.